The Morgan fingerprint density at radius 1 is 0.458 bits per heavy atom. The van der Waals surface area contributed by atoms with Crippen molar-refractivity contribution in [1.29, 1.82) is 0 Å². The number of thiocarbonyl (C=S) groups is 4. The summed E-state index contributed by atoms with van der Waals surface area (Å²) in [5.41, 5.74) is 0. The van der Waals surface area contributed by atoms with Gasteiger partial charge in [-0.25, -0.2) is 0 Å². The van der Waals surface area contributed by atoms with E-state index in [1.807, 2.05) is 0 Å². The highest BCUT2D eigenvalue weighted by Gasteiger charge is 2.08. The van der Waals surface area contributed by atoms with E-state index in [0.29, 0.717) is 44.0 Å². The highest BCUT2D eigenvalue weighted by atomic mass is 33.1. The largest absolute Gasteiger partial charge is 0.478 e. The Morgan fingerprint density at radius 2 is 0.667 bits per heavy atom. The Kier molecular flexibility index (Phi) is 14.4. The lowest BCUT2D eigenvalue weighted by molar-refractivity contribution is 0.268. The summed E-state index contributed by atoms with van der Waals surface area (Å²) in [6, 6.07) is 0. The third-order valence-corrected chi connectivity index (χ3v) is 8.55. The second-order valence-electron chi connectivity index (χ2n) is 4.14. The van der Waals surface area contributed by atoms with E-state index in [4.69, 9.17) is 67.8 Å². The van der Waals surface area contributed by atoms with Gasteiger partial charge in [0.05, 0.1) is 26.4 Å². The highest BCUT2D eigenvalue weighted by molar-refractivity contribution is 8.89. The van der Waals surface area contributed by atoms with Gasteiger partial charge in [-0.1, -0.05) is 0 Å². The van der Waals surface area contributed by atoms with Crippen molar-refractivity contribution < 1.29 is 18.9 Å². The van der Waals surface area contributed by atoms with Crippen molar-refractivity contribution in [3.63, 3.8) is 0 Å². The van der Waals surface area contributed by atoms with Crippen molar-refractivity contribution in [1.82, 2.24) is 0 Å². The van der Waals surface area contributed by atoms with Crippen LogP contribution in [0.25, 0.3) is 0 Å². The summed E-state index contributed by atoms with van der Waals surface area (Å²) < 4.78 is 23.6. The van der Waals surface area contributed by atoms with Gasteiger partial charge in [-0.2, -0.15) is 0 Å². The zero-order valence-electron chi connectivity index (χ0n) is 12.6. The number of hydrogen-bond acceptors (Lipinski definition) is 12. The van der Waals surface area contributed by atoms with Crippen LogP contribution in [0.15, 0.2) is 0 Å². The first-order valence-electron chi connectivity index (χ1n) is 6.94. The maximum atomic E-state index is 5.44. The number of hydrogen-bond donors (Lipinski definition) is 0. The van der Waals surface area contributed by atoms with E-state index in [9.17, 15) is 0 Å². The van der Waals surface area contributed by atoms with Crippen LogP contribution in [0.4, 0.5) is 0 Å². The van der Waals surface area contributed by atoms with Crippen LogP contribution in [0.2, 0.25) is 0 Å². The molecule has 1 rings (SSSR count). The van der Waals surface area contributed by atoms with Gasteiger partial charge in [-0.05, 0) is 74.6 Å². The Balaban J connectivity index is 2.34. The lowest BCUT2D eigenvalue weighted by Crippen LogP contribution is -2.05. The second kappa shape index (κ2) is 15.1. The number of ether oxygens (including phenoxy) is 4. The molecule has 0 amide bonds. The Labute approximate surface area is 179 Å². The summed E-state index contributed by atoms with van der Waals surface area (Å²) >= 11 is 20.5. The molecular formula is C12H16O4S8. The topological polar surface area (TPSA) is 36.9 Å². The van der Waals surface area contributed by atoms with Gasteiger partial charge in [0.1, 0.15) is 0 Å². The molecule has 0 saturated carbocycles. The van der Waals surface area contributed by atoms with Crippen LogP contribution < -0.4 is 0 Å². The predicted molar refractivity (Wildman–Crippen MR) is 123 cm³/mol. The molecule has 0 aromatic rings. The first kappa shape index (κ1) is 23.0. The van der Waals surface area contributed by atoms with Crippen molar-refractivity contribution in [3.8, 4) is 0 Å². The summed E-state index contributed by atoms with van der Waals surface area (Å²) in [6.45, 7) is 2.15. The van der Waals surface area contributed by atoms with E-state index in [1.54, 1.807) is 0 Å². The molecule has 0 aliphatic carbocycles. The van der Waals surface area contributed by atoms with Gasteiger partial charge >= 0.3 is 0 Å². The van der Waals surface area contributed by atoms with Crippen LogP contribution in [0.1, 0.15) is 25.7 Å². The molecule has 0 bridgehead atoms. The van der Waals surface area contributed by atoms with Gasteiger partial charge in [-0.15, -0.1) is 0 Å². The fraction of sp³-hybridized carbons (Fsp3) is 0.667. The number of rotatable bonds is 0. The fourth-order valence-electron chi connectivity index (χ4n) is 1.26. The molecule has 1 aliphatic rings. The molecule has 0 aromatic heterocycles. The van der Waals surface area contributed by atoms with Crippen LogP contribution in [0.5, 0.6) is 0 Å². The standard InChI is InChI=1S/C12H16O4S8/c17-9-13-5-1-2-6-14-10(18)22-24-12(20)16-8-4-3-7-15-11(19)23-21-9/h1-8H2. The molecule has 0 N–H and O–H groups in total. The lowest BCUT2D eigenvalue weighted by Gasteiger charge is -2.10. The third kappa shape index (κ3) is 13.2. The van der Waals surface area contributed by atoms with Gasteiger partial charge in [0.2, 0.25) is 17.5 Å². The van der Waals surface area contributed by atoms with E-state index in [1.165, 1.54) is 43.2 Å². The Morgan fingerprint density at radius 3 is 0.875 bits per heavy atom. The molecule has 24 heavy (non-hydrogen) atoms. The minimum absolute atomic E-state index is 0.450. The lowest BCUT2D eigenvalue weighted by atomic mass is 10.3. The van der Waals surface area contributed by atoms with Gasteiger partial charge < -0.3 is 18.9 Å². The SMILES string of the molecule is S=C1OCCCCOC(=S)SSC(=S)OCCCCOC(=S)SS1. The molecule has 136 valence electrons. The smallest absolute Gasteiger partial charge is 0.231 e. The van der Waals surface area contributed by atoms with Crippen molar-refractivity contribution in [3.05, 3.63) is 0 Å². The van der Waals surface area contributed by atoms with Crippen molar-refractivity contribution in [2.45, 2.75) is 25.7 Å². The van der Waals surface area contributed by atoms with Crippen LogP contribution in [0.3, 0.4) is 0 Å². The van der Waals surface area contributed by atoms with Crippen molar-refractivity contribution in [2.75, 3.05) is 26.4 Å². The summed E-state index contributed by atoms with van der Waals surface area (Å²) in [5, 5.41) is 0. The monoisotopic (exact) mass is 480 g/mol. The van der Waals surface area contributed by atoms with E-state index in [0.717, 1.165) is 25.7 Å². The quantitative estimate of drug-likeness (QED) is 0.323. The molecule has 0 aromatic carbocycles. The minimum atomic E-state index is 0.450. The second-order valence-corrected chi connectivity index (χ2v) is 10.8. The summed E-state index contributed by atoms with van der Waals surface area (Å²) in [7, 11) is 5.18. The van der Waals surface area contributed by atoms with Gasteiger partial charge in [-0.3, -0.25) is 0 Å². The molecule has 1 heterocycles. The predicted octanol–water partition coefficient (Wildman–Crippen LogP) is 5.53. The van der Waals surface area contributed by atoms with Crippen LogP contribution in [-0.2, 0) is 18.9 Å². The molecule has 0 radical (unpaired) electrons. The van der Waals surface area contributed by atoms with Crippen LogP contribution >= 0.6 is 92.0 Å². The molecule has 4 nitrogen and oxygen atoms in total. The fourth-order valence-corrected chi connectivity index (χ4v) is 5.01. The van der Waals surface area contributed by atoms with E-state index < -0.39 is 0 Å². The van der Waals surface area contributed by atoms with Gasteiger partial charge in [0.25, 0.3) is 0 Å². The average molecular weight is 481 g/mol. The Hall–Kier alpha value is 0.960. The normalized spacial score (nSPS) is 21.0. The first-order chi connectivity index (χ1) is 11.6. The molecule has 1 fully saturated rings. The third-order valence-electron chi connectivity index (χ3n) is 2.31. The minimum Gasteiger partial charge on any atom is -0.478 e. The van der Waals surface area contributed by atoms with Gasteiger partial charge in [0, 0.05) is 43.2 Å². The molecule has 0 spiro atoms. The molecule has 12 heteroatoms. The van der Waals surface area contributed by atoms with Crippen molar-refractivity contribution in [2.24, 2.45) is 0 Å². The molecule has 1 saturated heterocycles. The van der Waals surface area contributed by atoms with Gasteiger partial charge in [0.15, 0.2) is 0 Å². The zero-order valence-corrected chi connectivity index (χ0v) is 19.1. The van der Waals surface area contributed by atoms with Crippen LogP contribution in [-0.4, -0.2) is 44.0 Å². The first-order valence-corrected chi connectivity index (χ1v) is 12.9. The van der Waals surface area contributed by atoms with Crippen molar-refractivity contribution >= 4 is 110 Å². The average Bonchev–Trinajstić information content (AvgIpc) is 2.56. The maximum absolute atomic E-state index is 5.44. The van der Waals surface area contributed by atoms with E-state index in [-0.39, 0.29) is 0 Å². The van der Waals surface area contributed by atoms with E-state index >= 15 is 0 Å². The van der Waals surface area contributed by atoms with E-state index in [2.05, 4.69) is 0 Å². The molecule has 1 aliphatic heterocycles. The maximum Gasteiger partial charge on any atom is 0.231 e. The summed E-state index contributed by atoms with van der Waals surface area (Å²) in [4.78, 5) is 0. The summed E-state index contributed by atoms with van der Waals surface area (Å²) in [5.74, 6) is 0. The molecule has 0 unspecified atom stereocenters. The van der Waals surface area contributed by atoms with Crippen LogP contribution in [0, 0.1) is 0 Å². The molecule has 0 atom stereocenters. The highest BCUT2D eigenvalue weighted by Crippen LogP contribution is 2.27. The Bertz CT molecular complexity index is 365. The zero-order chi connectivity index (χ0) is 17.6. The molecular weight excluding hydrogens is 465 g/mol. The summed E-state index contributed by atoms with van der Waals surface area (Å²) in [6.07, 6.45) is 3.31.